The minimum atomic E-state index is -1.56. The molecule has 9 heteroatoms. The molecule has 0 aliphatic carbocycles. The van der Waals surface area contributed by atoms with Crippen molar-refractivity contribution in [2.45, 2.75) is 205 Å². The number of rotatable bonds is 42. The first-order chi connectivity index (χ1) is 32.4. The van der Waals surface area contributed by atoms with Crippen LogP contribution in [-0.2, 0) is 23.7 Å². The van der Waals surface area contributed by atoms with Gasteiger partial charge in [-0.15, -0.1) is 0 Å². The molecule has 1 aliphatic heterocycles. The van der Waals surface area contributed by atoms with E-state index in [2.05, 4.69) is 123 Å². The summed E-state index contributed by atoms with van der Waals surface area (Å²) >= 11 is 0. The van der Waals surface area contributed by atoms with E-state index >= 15 is 0 Å². The Hall–Kier alpha value is -3.41. The third kappa shape index (κ3) is 36.7. The Morgan fingerprint density at radius 1 is 0.485 bits per heavy atom. The monoisotopic (exact) mass is 921 g/mol. The second kappa shape index (κ2) is 46.7. The maximum atomic E-state index is 12.8. The molecule has 6 unspecified atom stereocenters. The van der Waals surface area contributed by atoms with Crippen molar-refractivity contribution in [3.63, 3.8) is 0 Å². The summed E-state index contributed by atoms with van der Waals surface area (Å²) in [7, 11) is 0. The maximum absolute atomic E-state index is 12.8. The van der Waals surface area contributed by atoms with E-state index < -0.39 is 49.4 Å². The fraction of sp³-hybridized carbons (Fsp3) is 0.632. The Bertz CT molecular complexity index is 1420. The number of aliphatic hydroxyl groups is 4. The summed E-state index contributed by atoms with van der Waals surface area (Å²) in [6.07, 6.45) is 61.0. The zero-order valence-electron chi connectivity index (χ0n) is 41.1. The van der Waals surface area contributed by atoms with E-state index in [4.69, 9.17) is 18.9 Å². The molecule has 1 fully saturated rings. The minimum Gasteiger partial charge on any atom is -0.457 e. The smallest absolute Gasteiger partial charge is 0.306 e. The van der Waals surface area contributed by atoms with Crippen molar-refractivity contribution in [3.8, 4) is 0 Å². The van der Waals surface area contributed by atoms with Crippen LogP contribution >= 0.6 is 0 Å². The molecule has 66 heavy (non-hydrogen) atoms. The molecule has 1 rings (SSSR count). The van der Waals surface area contributed by atoms with Crippen molar-refractivity contribution in [1.82, 2.24) is 0 Å². The molecule has 374 valence electrons. The number of unbranched alkanes of at least 4 members (excludes halogenated alkanes) is 11. The molecule has 0 bridgehead atoms. The highest BCUT2D eigenvalue weighted by Crippen LogP contribution is 2.22. The van der Waals surface area contributed by atoms with E-state index in [1.807, 2.05) is 12.2 Å². The second-order valence-corrected chi connectivity index (χ2v) is 16.8. The SMILES string of the molecule is CC/C=C\C/C=C\C/C=C\C/C=C\C/C=C\C/C=C\CCC(=O)OC(COCCCCCCCCCCCCC/C=C\C/C=C\C/C=C\C/C=C\CC)COC1OC(CO)C(O)C(O)C1O. The summed E-state index contributed by atoms with van der Waals surface area (Å²) in [6, 6.07) is 0. The molecule has 0 aromatic carbocycles. The van der Waals surface area contributed by atoms with Crippen molar-refractivity contribution in [1.29, 1.82) is 0 Å². The second-order valence-electron chi connectivity index (χ2n) is 16.8. The molecule has 4 N–H and O–H groups in total. The molecule has 0 amide bonds. The fourth-order valence-corrected chi connectivity index (χ4v) is 6.98. The Kier molecular flexibility index (Phi) is 42.9. The van der Waals surface area contributed by atoms with E-state index in [9.17, 15) is 25.2 Å². The molecule has 9 nitrogen and oxygen atoms in total. The maximum Gasteiger partial charge on any atom is 0.306 e. The first-order valence-electron chi connectivity index (χ1n) is 25.6. The predicted molar refractivity (Wildman–Crippen MR) is 274 cm³/mol. The van der Waals surface area contributed by atoms with Gasteiger partial charge in [0.05, 0.1) is 19.8 Å². The third-order valence-electron chi connectivity index (χ3n) is 10.9. The van der Waals surface area contributed by atoms with Gasteiger partial charge in [-0.1, -0.05) is 193 Å². The van der Waals surface area contributed by atoms with E-state index in [1.165, 1.54) is 57.8 Å². The Labute approximate surface area is 401 Å². The largest absolute Gasteiger partial charge is 0.457 e. The summed E-state index contributed by atoms with van der Waals surface area (Å²) < 4.78 is 22.8. The van der Waals surface area contributed by atoms with Crippen LogP contribution in [0.3, 0.4) is 0 Å². The lowest BCUT2D eigenvalue weighted by atomic mass is 9.99. The number of hydrogen-bond donors (Lipinski definition) is 4. The van der Waals surface area contributed by atoms with E-state index in [0.29, 0.717) is 13.0 Å². The van der Waals surface area contributed by atoms with Crippen LogP contribution in [0.2, 0.25) is 0 Å². The average molecular weight is 921 g/mol. The van der Waals surface area contributed by atoms with Crippen molar-refractivity contribution in [2.24, 2.45) is 0 Å². The van der Waals surface area contributed by atoms with Crippen LogP contribution in [0.25, 0.3) is 0 Å². The number of hydrogen-bond acceptors (Lipinski definition) is 9. The summed E-state index contributed by atoms with van der Waals surface area (Å²) in [5, 5.41) is 40.2. The van der Waals surface area contributed by atoms with Crippen molar-refractivity contribution in [2.75, 3.05) is 26.4 Å². The molecule has 6 atom stereocenters. The zero-order chi connectivity index (χ0) is 47.8. The van der Waals surface area contributed by atoms with Gasteiger partial charge in [0, 0.05) is 13.0 Å². The fourth-order valence-electron chi connectivity index (χ4n) is 6.98. The Balaban J connectivity index is 2.26. The highest BCUT2D eigenvalue weighted by Gasteiger charge is 2.44. The van der Waals surface area contributed by atoms with Crippen molar-refractivity contribution >= 4 is 5.97 Å². The zero-order valence-corrected chi connectivity index (χ0v) is 41.1. The lowest BCUT2D eigenvalue weighted by Gasteiger charge is -2.39. The number of aliphatic hydroxyl groups excluding tert-OH is 4. The molecule has 0 saturated carbocycles. The van der Waals surface area contributed by atoms with Crippen LogP contribution in [0, 0.1) is 0 Å². The molecule has 1 saturated heterocycles. The number of allylic oxidation sites excluding steroid dienone is 20. The van der Waals surface area contributed by atoms with Gasteiger partial charge in [0.1, 0.15) is 30.5 Å². The average Bonchev–Trinajstić information content (AvgIpc) is 3.32. The van der Waals surface area contributed by atoms with Gasteiger partial charge in [-0.3, -0.25) is 4.79 Å². The topological polar surface area (TPSA) is 135 Å². The van der Waals surface area contributed by atoms with Crippen LogP contribution in [0.4, 0.5) is 0 Å². The molecule has 1 aliphatic rings. The lowest BCUT2D eigenvalue weighted by Crippen LogP contribution is -2.59. The quantitative estimate of drug-likeness (QED) is 0.0268. The van der Waals surface area contributed by atoms with Crippen LogP contribution < -0.4 is 0 Å². The standard InChI is InChI=1S/C57H92O9/c1-3-5-7-9-11-13-15-17-19-21-23-24-25-26-27-29-31-33-35-37-39-41-43-45-47-63-49-51(50-64-57-56(62)55(61)54(60)52(48-58)66-57)65-53(59)46-44-42-40-38-36-34-32-30-28-22-20-18-16-14-12-10-8-6-4-2/h5-8,11-14,17-20,23-24,28,30,34,36,40,42,51-52,54-58,60-62H,3-4,9-10,15-16,21-22,25-27,29,31-33,35,37-39,41,43-50H2,1-2H3/b7-5-,8-6-,13-11-,14-12-,19-17-,20-18-,24-23-,30-28-,36-34-,42-40-. The van der Waals surface area contributed by atoms with Crippen LogP contribution in [0.1, 0.15) is 168 Å². The van der Waals surface area contributed by atoms with Crippen LogP contribution in [0.15, 0.2) is 122 Å². The molecular formula is C57H92O9. The molecular weight excluding hydrogens is 829 g/mol. The number of carbonyl (C=O) groups is 1. The first-order valence-corrected chi connectivity index (χ1v) is 25.6. The lowest BCUT2D eigenvalue weighted by molar-refractivity contribution is -0.305. The number of ether oxygens (including phenoxy) is 4. The van der Waals surface area contributed by atoms with Gasteiger partial charge in [-0.05, 0) is 89.9 Å². The molecule has 0 aromatic heterocycles. The third-order valence-corrected chi connectivity index (χ3v) is 10.9. The van der Waals surface area contributed by atoms with Crippen molar-refractivity contribution < 1.29 is 44.2 Å². The van der Waals surface area contributed by atoms with E-state index in [-0.39, 0.29) is 19.6 Å². The first kappa shape index (κ1) is 60.6. The summed E-state index contributed by atoms with van der Waals surface area (Å²) in [4.78, 5) is 12.8. The highest BCUT2D eigenvalue weighted by molar-refractivity contribution is 5.69. The summed E-state index contributed by atoms with van der Waals surface area (Å²) in [5.41, 5.74) is 0. The summed E-state index contributed by atoms with van der Waals surface area (Å²) in [6.45, 7) is 4.21. The van der Waals surface area contributed by atoms with Gasteiger partial charge in [0.2, 0.25) is 0 Å². The minimum absolute atomic E-state index is 0.104. The van der Waals surface area contributed by atoms with Gasteiger partial charge in [-0.25, -0.2) is 0 Å². The van der Waals surface area contributed by atoms with Gasteiger partial charge < -0.3 is 39.4 Å². The van der Waals surface area contributed by atoms with Crippen LogP contribution in [0.5, 0.6) is 0 Å². The van der Waals surface area contributed by atoms with Crippen LogP contribution in [-0.4, -0.2) is 89.6 Å². The normalized spacial score (nSPS) is 20.4. The predicted octanol–water partition coefficient (Wildman–Crippen LogP) is 12.7. The van der Waals surface area contributed by atoms with Gasteiger partial charge in [0.25, 0.3) is 0 Å². The van der Waals surface area contributed by atoms with E-state index in [0.717, 1.165) is 83.5 Å². The van der Waals surface area contributed by atoms with E-state index in [1.54, 1.807) is 0 Å². The Morgan fingerprint density at radius 2 is 0.879 bits per heavy atom. The molecule has 0 radical (unpaired) electrons. The Morgan fingerprint density at radius 3 is 1.32 bits per heavy atom. The number of esters is 1. The highest BCUT2D eigenvalue weighted by atomic mass is 16.7. The van der Waals surface area contributed by atoms with Gasteiger partial charge in [0.15, 0.2) is 6.29 Å². The molecule has 0 aromatic rings. The van der Waals surface area contributed by atoms with Gasteiger partial charge in [-0.2, -0.15) is 0 Å². The number of carbonyl (C=O) groups excluding carboxylic acids is 1. The summed E-state index contributed by atoms with van der Waals surface area (Å²) in [5.74, 6) is -0.401. The molecule has 1 heterocycles. The molecule has 0 spiro atoms. The van der Waals surface area contributed by atoms with Gasteiger partial charge >= 0.3 is 5.97 Å². The van der Waals surface area contributed by atoms with Crippen molar-refractivity contribution in [3.05, 3.63) is 122 Å².